The standard InChI is InChI=1S/C17H22N4O2/c1-23-11-5-9-18-16-13-20-15(12-21-16)17(22)19-10-8-14-6-3-2-4-7-14/h2-4,6-7,12-13H,5,8-11H2,1H3,(H,18,21)(H,19,22). The van der Waals surface area contributed by atoms with Crippen molar-refractivity contribution in [3.05, 3.63) is 54.0 Å². The number of carbonyl (C=O) groups is 1. The molecule has 0 fully saturated rings. The molecule has 122 valence electrons. The highest BCUT2D eigenvalue weighted by molar-refractivity contribution is 5.91. The van der Waals surface area contributed by atoms with Crippen LogP contribution in [-0.2, 0) is 11.2 Å². The Kier molecular flexibility index (Phi) is 7.00. The van der Waals surface area contributed by atoms with Crippen LogP contribution in [0.1, 0.15) is 22.5 Å². The fourth-order valence-corrected chi connectivity index (χ4v) is 2.03. The van der Waals surface area contributed by atoms with Crippen molar-refractivity contribution >= 4 is 11.7 Å². The van der Waals surface area contributed by atoms with Gasteiger partial charge in [0.25, 0.3) is 5.91 Å². The van der Waals surface area contributed by atoms with Gasteiger partial charge in [-0.2, -0.15) is 0 Å². The molecule has 0 aliphatic rings. The normalized spacial score (nSPS) is 10.3. The minimum Gasteiger partial charge on any atom is -0.385 e. The maximum atomic E-state index is 12.0. The van der Waals surface area contributed by atoms with Gasteiger partial charge in [-0.25, -0.2) is 9.97 Å². The highest BCUT2D eigenvalue weighted by Gasteiger charge is 2.07. The fraction of sp³-hybridized carbons (Fsp3) is 0.353. The zero-order valence-electron chi connectivity index (χ0n) is 13.3. The third-order valence-electron chi connectivity index (χ3n) is 3.26. The van der Waals surface area contributed by atoms with Crippen molar-refractivity contribution in [1.82, 2.24) is 15.3 Å². The molecule has 6 nitrogen and oxygen atoms in total. The van der Waals surface area contributed by atoms with E-state index in [-0.39, 0.29) is 5.91 Å². The second kappa shape index (κ2) is 9.53. The molecule has 2 aromatic rings. The van der Waals surface area contributed by atoms with E-state index in [1.807, 2.05) is 30.3 Å². The minimum absolute atomic E-state index is 0.209. The molecule has 0 atom stereocenters. The van der Waals surface area contributed by atoms with E-state index in [0.29, 0.717) is 24.7 Å². The molecule has 0 aliphatic heterocycles. The number of ether oxygens (including phenoxy) is 1. The third kappa shape index (κ3) is 6.04. The number of anilines is 1. The van der Waals surface area contributed by atoms with Crippen LogP contribution in [0.4, 0.5) is 5.82 Å². The van der Waals surface area contributed by atoms with Gasteiger partial charge in [-0.1, -0.05) is 30.3 Å². The quantitative estimate of drug-likeness (QED) is 0.691. The van der Waals surface area contributed by atoms with Crippen molar-refractivity contribution in [2.45, 2.75) is 12.8 Å². The van der Waals surface area contributed by atoms with E-state index in [0.717, 1.165) is 19.4 Å². The number of methoxy groups -OCH3 is 1. The highest BCUT2D eigenvalue weighted by atomic mass is 16.5. The molecule has 23 heavy (non-hydrogen) atoms. The molecule has 0 unspecified atom stereocenters. The molecular formula is C17H22N4O2. The van der Waals surface area contributed by atoms with Gasteiger partial charge in [0, 0.05) is 26.8 Å². The Morgan fingerprint density at radius 1 is 1.13 bits per heavy atom. The SMILES string of the molecule is COCCCNc1cnc(C(=O)NCCc2ccccc2)cn1. The Balaban J connectivity index is 1.74. The summed E-state index contributed by atoms with van der Waals surface area (Å²) in [6, 6.07) is 10.0. The van der Waals surface area contributed by atoms with E-state index >= 15 is 0 Å². The Labute approximate surface area is 136 Å². The summed E-state index contributed by atoms with van der Waals surface area (Å²) >= 11 is 0. The smallest absolute Gasteiger partial charge is 0.271 e. The molecule has 1 aromatic carbocycles. The van der Waals surface area contributed by atoms with Crippen LogP contribution in [0.3, 0.4) is 0 Å². The number of hydrogen-bond donors (Lipinski definition) is 2. The maximum absolute atomic E-state index is 12.0. The molecule has 1 aromatic heterocycles. The van der Waals surface area contributed by atoms with E-state index in [9.17, 15) is 4.79 Å². The molecule has 1 heterocycles. The molecule has 0 saturated carbocycles. The first-order valence-corrected chi connectivity index (χ1v) is 7.66. The predicted molar refractivity (Wildman–Crippen MR) is 89.5 cm³/mol. The lowest BCUT2D eigenvalue weighted by Gasteiger charge is -2.07. The van der Waals surface area contributed by atoms with Crippen LogP contribution < -0.4 is 10.6 Å². The van der Waals surface area contributed by atoms with Crippen LogP contribution in [0.2, 0.25) is 0 Å². The van der Waals surface area contributed by atoms with Crippen molar-refractivity contribution in [3.63, 3.8) is 0 Å². The molecule has 6 heteroatoms. The molecule has 0 spiro atoms. The zero-order chi connectivity index (χ0) is 16.3. The van der Waals surface area contributed by atoms with E-state index in [4.69, 9.17) is 4.74 Å². The molecule has 2 N–H and O–H groups in total. The third-order valence-corrected chi connectivity index (χ3v) is 3.26. The average Bonchev–Trinajstić information content (AvgIpc) is 2.60. The summed E-state index contributed by atoms with van der Waals surface area (Å²) in [7, 11) is 1.67. The van der Waals surface area contributed by atoms with Crippen LogP contribution in [0.15, 0.2) is 42.7 Å². The van der Waals surface area contributed by atoms with Gasteiger partial charge in [0.1, 0.15) is 11.5 Å². The second-order valence-corrected chi connectivity index (χ2v) is 5.05. The lowest BCUT2D eigenvalue weighted by atomic mass is 10.1. The summed E-state index contributed by atoms with van der Waals surface area (Å²) in [5.74, 6) is 0.446. The Bertz CT molecular complexity index is 587. The number of carbonyl (C=O) groups excluding carboxylic acids is 1. The molecule has 1 amide bonds. The number of rotatable bonds is 9. The zero-order valence-corrected chi connectivity index (χ0v) is 13.3. The summed E-state index contributed by atoms with van der Waals surface area (Å²) in [6.45, 7) is 2.02. The highest BCUT2D eigenvalue weighted by Crippen LogP contribution is 2.02. The van der Waals surface area contributed by atoms with Crippen molar-refractivity contribution in [2.24, 2.45) is 0 Å². The molecule has 0 bridgehead atoms. The number of amides is 1. The van der Waals surface area contributed by atoms with Crippen molar-refractivity contribution < 1.29 is 9.53 Å². The molecule has 0 saturated heterocycles. The van der Waals surface area contributed by atoms with Gasteiger partial charge >= 0.3 is 0 Å². The Hall–Kier alpha value is -2.47. The predicted octanol–water partition coefficient (Wildman–Crippen LogP) is 1.90. The molecule has 0 aliphatic carbocycles. The summed E-state index contributed by atoms with van der Waals surface area (Å²) in [4.78, 5) is 20.3. The molecular weight excluding hydrogens is 292 g/mol. The fourth-order valence-electron chi connectivity index (χ4n) is 2.03. The number of hydrogen-bond acceptors (Lipinski definition) is 5. The molecule has 0 radical (unpaired) electrons. The summed E-state index contributed by atoms with van der Waals surface area (Å²) < 4.78 is 4.97. The van der Waals surface area contributed by atoms with Gasteiger partial charge in [-0.15, -0.1) is 0 Å². The average molecular weight is 314 g/mol. The Morgan fingerprint density at radius 3 is 2.65 bits per heavy atom. The summed E-state index contributed by atoms with van der Waals surface area (Å²) in [5.41, 5.74) is 1.51. The summed E-state index contributed by atoms with van der Waals surface area (Å²) in [6.07, 6.45) is 4.73. The monoisotopic (exact) mass is 314 g/mol. The number of nitrogens with zero attached hydrogens (tertiary/aromatic N) is 2. The van der Waals surface area contributed by atoms with Gasteiger partial charge < -0.3 is 15.4 Å². The van der Waals surface area contributed by atoms with Gasteiger partial charge in [-0.05, 0) is 18.4 Å². The van der Waals surface area contributed by atoms with Gasteiger partial charge in [-0.3, -0.25) is 4.79 Å². The van der Waals surface area contributed by atoms with Crippen molar-refractivity contribution in [1.29, 1.82) is 0 Å². The Morgan fingerprint density at radius 2 is 1.96 bits per heavy atom. The lowest BCUT2D eigenvalue weighted by molar-refractivity contribution is 0.0949. The van der Waals surface area contributed by atoms with E-state index < -0.39 is 0 Å². The van der Waals surface area contributed by atoms with Crippen LogP contribution in [-0.4, -0.2) is 42.7 Å². The van der Waals surface area contributed by atoms with Gasteiger partial charge in [0.05, 0.1) is 12.4 Å². The van der Waals surface area contributed by atoms with Crippen LogP contribution in [0.5, 0.6) is 0 Å². The van der Waals surface area contributed by atoms with Crippen LogP contribution >= 0.6 is 0 Å². The second-order valence-electron chi connectivity index (χ2n) is 5.05. The maximum Gasteiger partial charge on any atom is 0.271 e. The number of aromatic nitrogens is 2. The first kappa shape index (κ1) is 16.9. The first-order valence-electron chi connectivity index (χ1n) is 7.66. The lowest BCUT2D eigenvalue weighted by Crippen LogP contribution is -2.26. The largest absolute Gasteiger partial charge is 0.385 e. The first-order chi connectivity index (χ1) is 11.3. The summed E-state index contributed by atoms with van der Waals surface area (Å²) in [5, 5.41) is 5.97. The van der Waals surface area contributed by atoms with E-state index in [1.165, 1.54) is 11.8 Å². The number of benzene rings is 1. The topological polar surface area (TPSA) is 76.1 Å². The van der Waals surface area contributed by atoms with E-state index in [2.05, 4.69) is 20.6 Å². The van der Waals surface area contributed by atoms with Gasteiger partial charge in [0.2, 0.25) is 0 Å². The van der Waals surface area contributed by atoms with Gasteiger partial charge in [0.15, 0.2) is 0 Å². The van der Waals surface area contributed by atoms with Crippen LogP contribution in [0.25, 0.3) is 0 Å². The number of nitrogens with one attached hydrogen (secondary N) is 2. The van der Waals surface area contributed by atoms with E-state index in [1.54, 1.807) is 13.3 Å². The minimum atomic E-state index is -0.209. The van der Waals surface area contributed by atoms with Crippen LogP contribution in [0, 0.1) is 0 Å². The molecule has 2 rings (SSSR count). The van der Waals surface area contributed by atoms with Crippen molar-refractivity contribution in [2.75, 3.05) is 32.1 Å². The van der Waals surface area contributed by atoms with Crippen molar-refractivity contribution in [3.8, 4) is 0 Å².